The molecule has 0 aliphatic carbocycles. The van der Waals surface area contributed by atoms with E-state index in [9.17, 15) is 13.6 Å². The van der Waals surface area contributed by atoms with Crippen LogP contribution in [0, 0.1) is 11.6 Å². The summed E-state index contributed by atoms with van der Waals surface area (Å²) in [7, 11) is 1.57. The number of amides is 1. The molecule has 8 heteroatoms. The van der Waals surface area contributed by atoms with Crippen molar-refractivity contribution in [3.63, 3.8) is 0 Å². The molecule has 0 saturated carbocycles. The lowest BCUT2D eigenvalue weighted by Gasteiger charge is -2.08. The Morgan fingerprint density at radius 1 is 1.43 bits per heavy atom. The van der Waals surface area contributed by atoms with Crippen LogP contribution < -0.4 is 11.1 Å². The van der Waals surface area contributed by atoms with E-state index in [1.807, 2.05) is 6.92 Å². The van der Waals surface area contributed by atoms with Crippen LogP contribution in [0.25, 0.3) is 0 Å². The topological polar surface area (TPSA) is 72.9 Å². The minimum atomic E-state index is -0.875. The number of nitrogens with one attached hydrogen (secondary N) is 1. The molecule has 1 heterocycles. The predicted molar refractivity (Wildman–Crippen MR) is 79.0 cm³/mol. The molecule has 112 valence electrons. The van der Waals surface area contributed by atoms with Crippen molar-refractivity contribution in [1.29, 1.82) is 0 Å². The maximum atomic E-state index is 13.6. The van der Waals surface area contributed by atoms with Crippen molar-refractivity contribution >= 4 is 33.2 Å². The second-order valence-corrected chi connectivity index (χ2v) is 5.24. The fraction of sp³-hybridized carbons (Fsp3) is 0.231. The molecule has 3 N–H and O–H groups in total. The van der Waals surface area contributed by atoms with E-state index in [0.717, 1.165) is 6.07 Å². The van der Waals surface area contributed by atoms with E-state index in [1.54, 1.807) is 7.05 Å². The standard InChI is InChI=1S/C13H13BrF2N4O/c1-3-9-11(17)12(20(2)19-9)13(21)18-10-4-6(14)7(15)5-8(10)16/h4-5H,3,17H2,1-2H3,(H,18,21). The molecule has 0 aliphatic heterocycles. The van der Waals surface area contributed by atoms with E-state index < -0.39 is 17.5 Å². The molecule has 21 heavy (non-hydrogen) atoms. The van der Waals surface area contributed by atoms with Crippen LogP contribution in [0.2, 0.25) is 0 Å². The van der Waals surface area contributed by atoms with E-state index in [-0.39, 0.29) is 21.5 Å². The van der Waals surface area contributed by atoms with Gasteiger partial charge in [-0.25, -0.2) is 8.78 Å². The van der Waals surface area contributed by atoms with Gasteiger partial charge in [-0.05, 0) is 28.4 Å². The average molecular weight is 359 g/mol. The van der Waals surface area contributed by atoms with Crippen molar-refractivity contribution in [2.24, 2.45) is 7.05 Å². The van der Waals surface area contributed by atoms with Crippen LogP contribution in [-0.4, -0.2) is 15.7 Å². The van der Waals surface area contributed by atoms with Gasteiger partial charge in [-0.3, -0.25) is 9.48 Å². The fourth-order valence-corrected chi connectivity index (χ4v) is 2.27. The van der Waals surface area contributed by atoms with Gasteiger partial charge in [-0.1, -0.05) is 6.92 Å². The highest BCUT2D eigenvalue weighted by molar-refractivity contribution is 9.10. The number of hydrogen-bond donors (Lipinski definition) is 2. The number of carbonyl (C=O) groups excluding carboxylic acids is 1. The first-order chi connectivity index (χ1) is 9.85. The summed E-state index contributed by atoms with van der Waals surface area (Å²) in [6.45, 7) is 1.86. The van der Waals surface area contributed by atoms with Crippen molar-refractivity contribution in [2.75, 3.05) is 11.1 Å². The van der Waals surface area contributed by atoms with Crippen LogP contribution in [0.3, 0.4) is 0 Å². The average Bonchev–Trinajstić information content (AvgIpc) is 2.70. The Morgan fingerprint density at radius 2 is 2.10 bits per heavy atom. The molecule has 0 fully saturated rings. The van der Waals surface area contributed by atoms with Gasteiger partial charge < -0.3 is 11.1 Å². The third-order valence-electron chi connectivity index (χ3n) is 2.97. The van der Waals surface area contributed by atoms with Gasteiger partial charge in [0.15, 0.2) is 0 Å². The first kappa shape index (κ1) is 15.4. The van der Waals surface area contributed by atoms with Gasteiger partial charge in [0.05, 0.1) is 21.5 Å². The smallest absolute Gasteiger partial charge is 0.276 e. The van der Waals surface area contributed by atoms with Gasteiger partial charge in [-0.15, -0.1) is 0 Å². The molecule has 0 bridgehead atoms. The van der Waals surface area contributed by atoms with Gasteiger partial charge in [0, 0.05) is 13.1 Å². The summed E-state index contributed by atoms with van der Waals surface area (Å²) >= 11 is 2.94. The first-order valence-corrected chi connectivity index (χ1v) is 6.91. The summed E-state index contributed by atoms with van der Waals surface area (Å²) in [6.07, 6.45) is 0.573. The number of aryl methyl sites for hydroxylation is 2. The Kier molecular flexibility index (Phi) is 4.26. The van der Waals surface area contributed by atoms with E-state index in [1.165, 1.54) is 4.68 Å². The Labute approximate surface area is 128 Å². The zero-order chi connectivity index (χ0) is 15.7. The summed E-state index contributed by atoms with van der Waals surface area (Å²) in [5, 5.41) is 6.48. The van der Waals surface area contributed by atoms with Gasteiger partial charge in [0.1, 0.15) is 17.3 Å². The van der Waals surface area contributed by atoms with E-state index in [4.69, 9.17) is 5.73 Å². The Hall–Kier alpha value is -1.96. The lowest BCUT2D eigenvalue weighted by Crippen LogP contribution is -2.18. The minimum Gasteiger partial charge on any atom is -0.395 e. The quantitative estimate of drug-likeness (QED) is 0.828. The molecule has 0 unspecified atom stereocenters. The Morgan fingerprint density at radius 3 is 2.67 bits per heavy atom. The van der Waals surface area contributed by atoms with Crippen LogP contribution >= 0.6 is 15.9 Å². The number of rotatable bonds is 3. The zero-order valence-electron chi connectivity index (χ0n) is 11.4. The molecule has 2 aromatic rings. The number of anilines is 2. The fourth-order valence-electron chi connectivity index (χ4n) is 1.93. The lowest BCUT2D eigenvalue weighted by molar-refractivity contribution is 0.101. The number of nitrogen functional groups attached to an aromatic ring is 1. The van der Waals surface area contributed by atoms with Crippen LogP contribution in [0.1, 0.15) is 23.1 Å². The van der Waals surface area contributed by atoms with Crippen LogP contribution in [-0.2, 0) is 13.5 Å². The molecule has 0 radical (unpaired) electrons. The maximum Gasteiger partial charge on any atom is 0.276 e. The van der Waals surface area contributed by atoms with Crippen LogP contribution in [0.5, 0.6) is 0 Å². The summed E-state index contributed by atoms with van der Waals surface area (Å²) in [5.74, 6) is -2.24. The second-order valence-electron chi connectivity index (χ2n) is 4.39. The molecule has 5 nitrogen and oxygen atoms in total. The van der Waals surface area contributed by atoms with Crippen molar-refractivity contribution in [3.05, 3.63) is 39.6 Å². The summed E-state index contributed by atoms with van der Waals surface area (Å²) < 4.78 is 28.2. The third-order valence-corrected chi connectivity index (χ3v) is 3.58. The Balaban J connectivity index is 2.35. The molecule has 1 aromatic heterocycles. The molecule has 0 atom stereocenters. The second kappa shape index (κ2) is 5.80. The molecule has 0 aliphatic rings. The largest absolute Gasteiger partial charge is 0.395 e. The van der Waals surface area contributed by atoms with Gasteiger partial charge >= 0.3 is 0 Å². The maximum absolute atomic E-state index is 13.6. The normalized spacial score (nSPS) is 10.7. The predicted octanol–water partition coefficient (Wildman–Crippen LogP) is 2.86. The van der Waals surface area contributed by atoms with Crippen molar-refractivity contribution in [3.8, 4) is 0 Å². The molecule has 1 amide bonds. The van der Waals surface area contributed by atoms with Gasteiger partial charge in [0.2, 0.25) is 0 Å². The number of aromatic nitrogens is 2. The number of halogens is 3. The molecule has 0 spiro atoms. The first-order valence-electron chi connectivity index (χ1n) is 6.12. The highest BCUT2D eigenvalue weighted by Crippen LogP contribution is 2.25. The van der Waals surface area contributed by atoms with E-state index in [2.05, 4.69) is 26.3 Å². The van der Waals surface area contributed by atoms with Gasteiger partial charge in [0.25, 0.3) is 5.91 Å². The van der Waals surface area contributed by atoms with Crippen LogP contribution in [0.15, 0.2) is 16.6 Å². The molecular weight excluding hydrogens is 346 g/mol. The van der Waals surface area contributed by atoms with Gasteiger partial charge in [-0.2, -0.15) is 5.10 Å². The minimum absolute atomic E-state index is 0.0476. The molecule has 0 saturated heterocycles. The van der Waals surface area contributed by atoms with Crippen molar-refractivity contribution in [2.45, 2.75) is 13.3 Å². The monoisotopic (exact) mass is 358 g/mol. The highest BCUT2D eigenvalue weighted by atomic mass is 79.9. The number of hydrogen-bond acceptors (Lipinski definition) is 3. The highest BCUT2D eigenvalue weighted by Gasteiger charge is 2.20. The number of carbonyl (C=O) groups is 1. The summed E-state index contributed by atoms with van der Waals surface area (Å²) in [5.41, 5.74) is 6.67. The summed E-state index contributed by atoms with van der Waals surface area (Å²) in [4.78, 5) is 12.2. The number of nitrogens with zero attached hydrogens (tertiary/aromatic N) is 2. The summed E-state index contributed by atoms with van der Waals surface area (Å²) in [6, 6.07) is 1.83. The Bertz CT molecular complexity index is 715. The van der Waals surface area contributed by atoms with E-state index >= 15 is 0 Å². The number of nitrogens with two attached hydrogens (primary N) is 1. The third kappa shape index (κ3) is 2.90. The zero-order valence-corrected chi connectivity index (χ0v) is 13.0. The number of benzene rings is 1. The molecule has 2 rings (SSSR count). The van der Waals surface area contributed by atoms with Crippen molar-refractivity contribution in [1.82, 2.24) is 9.78 Å². The lowest BCUT2D eigenvalue weighted by atomic mass is 10.2. The molecular formula is C13H13BrF2N4O. The SMILES string of the molecule is CCc1nn(C)c(C(=O)Nc2cc(Br)c(F)cc2F)c1N. The van der Waals surface area contributed by atoms with Crippen molar-refractivity contribution < 1.29 is 13.6 Å². The molecule has 1 aromatic carbocycles. The van der Waals surface area contributed by atoms with E-state index in [0.29, 0.717) is 18.2 Å². The van der Waals surface area contributed by atoms with Crippen LogP contribution in [0.4, 0.5) is 20.2 Å².